The van der Waals surface area contributed by atoms with Crippen LogP contribution in [0.25, 0.3) is 11.0 Å². The Labute approximate surface area is 148 Å². The highest BCUT2D eigenvalue weighted by Crippen LogP contribution is 2.34. The van der Waals surface area contributed by atoms with Gasteiger partial charge in [-0.25, -0.2) is 0 Å². The predicted octanol–water partition coefficient (Wildman–Crippen LogP) is 1.69. The van der Waals surface area contributed by atoms with E-state index in [0.717, 1.165) is 36.6 Å². The SMILES string of the molecule is Cc1c(N2CCC2=O)c(=O)n(C2CCCC2)c2nc([S+](C)[O-])ncc12. The minimum Gasteiger partial charge on any atom is -0.609 e. The van der Waals surface area contributed by atoms with Gasteiger partial charge in [0.2, 0.25) is 5.91 Å². The number of carbonyl (C=O) groups excluding carboxylic acids is 1. The first-order chi connectivity index (χ1) is 12.0. The van der Waals surface area contributed by atoms with Crippen LogP contribution in [0.4, 0.5) is 5.69 Å². The summed E-state index contributed by atoms with van der Waals surface area (Å²) < 4.78 is 13.5. The first kappa shape index (κ1) is 16.5. The van der Waals surface area contributed by atoms with Gasteiger partial charge >= 0.3 is 5.16 Å². The van der Waals surface area contributed by atoms with Crippen molar-refractivity contribution in [3.8, 4) is 0 Å². The third-order valence-corrected chi connectivity index (χ3v) is 5.93. The summed E-state index contributed by atoms with van der Waals surface area (Å²) in [6, 6.07) is 0.0683. The van der Waals surface area contributed by atoms with Crippen molar-refractivity contribution in [1.29, 1.82) is 0 Å². The number of aromatic nitrogens is 3. The first-order valence-electron chi connectivity index (χ1n) is 8.54. The highest BCUT2D eigenvalue weighted by molar-refractivity contribution is 7.90. The lowest BCUT2D eigenvalue weighted by Gasteiger charge is -2.32. The molecule has 3 heterocycles. The quantitative estimate of drug-likeness (QED) is 0.472. The average Bonchev–Trinajstić information content (AvgIpc) is 3.10. The lowest BCUT2D eigenvalue weighted by atomic mass is 10.1. The van der Waals surface area contributed by atoms with E-state index in [9.17, 15) is 14.1 Å². The van der Waals surface area contributed by atoms with E-state index in [2.05, 4.69) is 9.97 Å². The Balaban J connectivity index is 2.03. The summed E-state index contributed by atoms with van der Waals surface area (Å²) in [5.74, 6) is -0.0234. The molecule has 1 aliphatic heterocycles. The number of fused-ring (bicyclic) bond motifs is 1. The van der Waals surface area contributed by atoms with Gasteiger partial charge in [0.25, 0.3) is 5.56 Å². The number of pyridine rings is 1. The van der Waals surface area contributed by atoms with Crippen LogP contribution >= 0.6 is 0 Å². The molecule has 1 amide bonds. The lowest BCUT2D eigenvalue weighted by Crippen LogP contribution is -2.47. The number of aryl methyl sites for hydroxylation is 1. The Hall–Kier alpha value is -1.93. The van der Waals surface area contributed by atoms with Gasteiger partial charge in [0, 0.05) is 41.8 Å². The molecule has 25 heavy (non-hydrogen) atoms. The highest BCUT2D eigenvalue weighted by Gasteiger charge is 2.33. The summed E-state index contributed by atoms with van der Waals surface area (Å²) in [6.45, 7) is 2.40. The molecule has 0 N–H and O–H groups in total. The molecule has 1 saturated heterocycles. The molecule has 2 aromatic rings. The van der Waals surface area contributed by atoms with E-state index in [0.29, 0.717) is 24.3 Å². The molecular formula is C17H20N4O3S. The second kappa shape index (κ2) is 6.10. The molecule has 132 valence electrons. The minimum atomic E-state index is -1.32. The Kier molecular flexibility index (Phi) is 4.04. The monoisotopic (exact) mass is 360 g/mol. The van der Waals surface area contributed by atoms with E-state index >= 15 is 0 Å². The van der Waals surface area contributed by atoms with Gasteiger partial charge in [0.1, 0.15) is 11.9 Å². The second-order valence-electron chi connectivity index (χ2n) is 6.73. The van der Waals surface area contributed by atoms with Crippen LogP contribution in [0.2, 0.25) is 0 Å². The number of amides is 1. The summed E-state index contributed by atoms with van der Waals surface area (Å²) in [6.07, 6.45) is 7.61. The molecule has 1 unspecified atom stereocenters. The molecule has 1 saturated carbocycles. The number of β-lactam (4-membered cyclic amide) rings is 1. The molecule has 0 radical (unpaired) electrons. The smallest absolute Gasteiger partial charge is 0.344 e. The number of hydrogen-bond donors (Lipinski definition) is 0. The number of carbonyl (C=O) groups is 1. The molecule has 0 bridgehead atoms. The van der Waals surface area contributed by atoms with Crippen molar-refractivity contribution in [2.24, 2.45) is 0 Å². The van der Waals surface area contributed by atoms with Crippen molar-refractivity contribution in [2.45, 2.75) is 50.2 Å². The van der Waals surface area contributed by atoms with Crippen LogP contribution in [0, 0.1) is 6.92 Å². The summed E-state index contributed by atoms with van der Waals surface area (Å²) >= 11 is -1.32. The summed E-state index contributed by atoms with van der Waals surface area (Å²) in [5.41, 5.74) is 1.53. The molecule has 0 spiro atoms. The zero-order valence-corrected chi connectivity index (χ0v) is 15.1. The first-order valence-corrected chi connectivity index (χ1v) is 10.1. The third-order valence-electron chi connectivity index (χ3n) is 5.22. The molecule has 1 atom stereocenters. The molecule has 2 aromatic heterocycles. The van der Waals surface area contributed by atoms with E-state index < -0.39 is 11.2 Å². The van der Waals surface area contributed by atoms with Crippen molar-refractivity contribution in [2.75, 3.05) is 17.7 Å². The topological polar surface area (TPSA) is 91.2 Å². The van der Waals surface area contributed by atoms with Crippen molar-refractivity contribution >= 4 is 33.8 Å². The van der Waals surface area contributed by atoms with E-state index in [1.807, 2.05) is 6.92 Å². The van der Waals surface area contributed by atoms with Crippen LogP contribution in [0.1, 0.15) is 43.7 Å². The van der Waals surface area contributed by atoms with Crippen molar-refractivity contribution in [3.05, 3.63) is 22.1 Å². The molecular weight excluding hydrogens is 340 g/mol. The highest BCUT2D eigenvalue weighted by atomic mass is 32.2. The fourth-order valence-electron chi connectivity index (χ4n) is 3.81. The van der Waals surface area contributed by atoms with Crippen LogP contribution in [-0.4, -0.2) is 37.8 Å². The van der Waals surface area contributed by atoms with Gasteiger partial charge in [-0.05, 0) is 25.3 Å². The van der Waals surface area contributed by atoms with Crippen molar-refractivity contribution in [3.63, 3.8) is 0 Å². The van der Waals surface area contributed by atoms with E-state index in [4.69, 9.17) is 0 Å². The predicted molar refractivity (Wildman–Crippen MR) is 95.3 cm³/mol. The zero-order chi connectivity index (χ0) is 17.7. The molecule has 0 aromatic carbocycles. The fourth-order valence-corrected chi connectivity index (χ4v) is 4.23. The molecule has 7 nitrogen and oxygen atoms in total. The number of hydrogen-bond acceptors (Lipinski definition) is 5. The summed E-state index contributed by atoms with van der Waals surface area (Å²) in [4.78, 5) is 35.5. The van der Waals surface area contributed by atoms with Crippen LogP contribution in [-0.2, 0) is 16.0 Å². The Bertz CT molecular complexity index is 918. The van der Waals surface area contributed by atoms with Crippen LogP contribution in [0.5, 0.6) is 0 Å². The zero-order valence-electron chi connectivity index (χ0n) is 14.3. The van der Waals surface area contributed by atoms with Crippen LogP contribution in [0.15, 0.2) is 16.1 Å². The maximum atomic E-state index is 13.3. The van der Waals surface area contributed by atoms with Gasteiger partial charge < -0.3 is 9.45 Å². The largest absolute Gasteiger partial charge is 0.609 e. The fraction of sp³-hybridized carbons (Fsp3) is 0.529. The number of anilines is 1. The third kappa shape index (κ3) is 2.55. The number of nitrogens with zero attached hydrogens (tertiary/aromatic N) is 4. The van der Waals surface area contributed by atoms with E-state index in [1.165, 1.54) is 6.26 Å². The average molecular weight is 360 g/mol. The lowest BCUT2D eigenvalue weighted by molar-refractivity contribution is -0.122. The van der Waals surface area contributed by atoms with E-state index in [1.54, 1.807) is 15.7 Å². The van der Waals surface area contributed by atoms with Gasteiger partial charge in [0.05, 0.1) is 0 Å². The Morgan fingerprint density at radius 1 is 1.28 bits per heavy atom. The molecule has 2 aliphatic rings. The van der Waals surface area contributed by atoms with Crippen molar-refractivity contribution in [1.82, 2.24) is 14.5 Å². The van der Waals surface area contributed by atoms with Gasteiger partial charge in [-0.3, -0.25) is 14.2 Å². The number of rotatable bonds is 3. The van der Waals surface area contributed by atoms with Gasteiger partial charge in [-0.1, -0.05) is 12.8 Å². The van der Waals surface area contributed by atoms with Crippen LogP contribution in [0.3, 0.4) is 0 Å². The van der Waals surface area contributed by atoms with E-state index in [-0.39, 0.29) is 22.7 Å². The Morgan fingerprint density at radius 2 is 2.00 bits per heavy atom. The van der Waals surface area contributed by atoms with Gasteiger partial charge in [-0.2, -0.15) is 9.97 Å². The maximum absolute atomic E-state index is 13.3. The standard InChI is InChI=1S/C17H20N4O3S/c1-10-12-9-18-17(25(2)24)19-15(12)21(11-5-3-4-6-11)16(23)14(10)20-8-7-13(20)22/h9,11H,3-8H2,1-2H3. The maximum Gasteiger partial charge on any atom is 0.344 e. The molecule has 1 aliphatic carbocycles. The minimum absolute atomic E-state index is 0.0234. The van der Waals surface area contributed by atoms with Gasteiger partial charge in [0.15, 0.2) is 5.65 Å². The molecule has 2 fully saturated rings. The van der Waals surface area contributed by atoms with Gasteiger partial charge in [-0.15, -0.1) is 0 Å². The Morgan fingerprint density at radius 3 is 2.56 bits per heavy atom. The molecule has 4 rings (SSSR count). The normalized spacial score (nSPS) is 19.5. The van der Waals surface area contributed by atoms with Crippen molar-refractivity contribution < 1.29 is 9.35 Å². The molecule has 8 heteroatoms. The summed E-state index contributed by atoms with van der Waals surface area (Å²) in [5, 5.41) is 0.973. The summed E-state index contributed by atoms with van der Waals surface area (Å²) in [7, 11) is 0. The van der Waals surface area contributed by atoms with Crippen LogP contribution < -0.4 is 10.5 Å². The second-order valence-corrected chi connectivity index (χ2v) is 8.00.